The Morgan fingerprint density at radius 3 is 2.38 bits per heavy atom. The van der Waals surface area contributed by atoms with Gasteiger partial charge in [-0.1, -0.05) is 30.3 Å². The molecule has 0 aliphatic carbocycles. The minimum absolute atomic E-state index is 0.0786. The highest BCUT2D eigenvalue weighted by atomic mass is 32.2. The summed E-state index contributed by atoms with van der Waals surface area (Å²) in [5, 5.41) is 15.5. The van der Waals surface area contributed by atoms with E-state index < -0.39 is 51.9 Å². The molecule has 4 rings (SSSR count). The molecule has 2 heterocycles. The van der Waals surface area contributed by atoms with Crippen molar-refractivity contribution in [1.82, 2.24) is 15.5 Å². The number of hydrogen-bond donors (Lipinski definition) is 2. The summed E-state index contributed by atoms with van der Waals surface area (Å²) in [6.45, 7) is 4.90. The summed E-state index contributed by atoms with van der Waals surface area (Å²) < 4.78 is 16.1. The van der Waals surface area contributed by atoms with Crippen molar-refractivity contribution in [3.8, 4) is 0 Å². The lowest BCUT2D eigenvalue weighted by molar-refractivity contribution is -0.384. The van der Waals surface area contributed by atoms with E-state index >= 15 is 0 Å². The van der Waals surface area contributed by atoms with Crippen LogP contribution in [-0.4, -0.2) is 63.6 Å². The zero-order chi connectivity index (χ0) is 30.6. The van der Waals surface area contributed by atoms with Gasteiger partial charge in [0.05, 0.1) is 17.8 Å². The van der Waals surface area contributed by atoms with Crippen molar-refractivity contribution in [1.29, 1.82) is 0 Å². The van der Waals surface area contributed by atoms with Gasteiger partial charge in [-0.25, -0.2) is 9.59 Å². The molecule has 1 fully saturated rings. The Hall–Kier alpha value is -4.59. The van der Waals surface area contributed by atoms with Crippen molar-refractivity contribution in [3.05, 3.63) is 87.3 Å². The smallest absolute Gasteiger partial charge is 0.408 e. The Morgan fingerprint density at radius 2 is 1.79 bits per heavy atom. The van der Waals surface area contributed by atoms with Gasteiger partial charge in [-0.2, -0.15) is 0 Å². The molecule has 2 aliphatic heterocycles. The van der Waals surface area contributed by atoms with Crippen LogP contribution in [0.1, 0.15) is 37.9 Å². The number of amides is 3. The van der Waals surface area contributed by atoms with Gasteiger partial charge in [0.15, 0.2) is 5.70 Å². The van der Waals surface area contributed by atoms with Gasteiger partial charge >= 0.3 is 12.1 Å². The third-order valence-corrected chi connectivity index (χ3v) is 7.50. The van der Waals surface area contributed by atoms with Gasteiger partial charge in [0.2, 0.25) is 5.91 Å². The summed E-state index contributed by atoms with van der Waals surface area (Å²) in [5.41, 5.74) is 0.0271. The largest absolute Gasteiger partial charge is 0.498 e. The van der Waals surface area contributed by atoms with E-state index in [4.69, 9.17) is 14.2 Å². The van der Waals surface area contributed by atoms with Crippen molar-refractivity contribution in [2.24, 2.45) is 0 Å². The Bertz CT molecular complexity index is 1410. The number of thioether (sulfide) groups is 1. The standard InChI is InChI=1S/C28H30N4O9S/c1-28(2,3)41-27(36)30-20(17-8-6-5-7-9-17)23(33)29-21-24(34)31-22(19(39-4)15-42-25(21)31)26(35)40-14-16-10-12-18(13-11-16)32(37)38/h5-13,20-21,25H,14-15H2,1-4H3,(H,29,33)(H,30,36)/t20-,21?,25-/m1/s1. The van der Waals surface area contributed by atoms with E-state index in [1.54, 1.807) is 51.1 Å². The molecule has 42 heavy (non-hydrogen) atoms. The third kappa shape index (κ3) is 6.82. The highest BCUT2D eigenvalue weighted by Gasteiger charge is 2.55. The van der Waals surface area contributed by atoms with Crippen LogP contribution in [0.15, 0.2) is 66.1 Å². The molecule has 3 atom stereocenters. The molecule has 1 saturated heterocycles. The molecule has 0 bridgehead atoms. The van der Waals surface area contributed by atoms with E-state index in [0.717, 1.165) is 0 Å². The molecular formula is C28H30N4O9S. The highest BCUT2D eigenvalue weighted by Crippen LogP contribution is 2.41. The minimum atomic E-state index is -1.15. The number of nitrogens with one attached hydrogen (secondary N) is 2. The van der Waals surface area contributed by atoms with E-state index in [-0.39, 0.29) is 29.5 Å². The van der Waals surface area contributed by atoms with Crippen LogP contribution in [0.4, 0.5) is 10.5 Å². The Kier molecular flexibility index (Phi) is 9.05. The van der Waals surface area contributed by atoms with Crippen molar-refractivity contribution >= 4 is 41.3 Å². The van der Waals surface area contributed by atoms with Crippen molar-refractivity contribution in [2.75, 3.05) is 12.9 Å². The number of non-ortho nitro benzene ring substituents is 1. The number of ether oxygens (including phenoxy) is 3. The molecular weight excluding hydrogens is 568 g/mol. The number of esters is 1. The molecule has 1 unspecified atom stereocenters. The maximum atomic E-state index is 13.4. The van der Waals surface area contributed by atoms with Crippen molar-refractivity contribution in [3.63, 3.8) is 0 Å². The summed E-state index contributed by atoms with van der Waals surface area (Å²) in [5.74, 6) is -1.53. The Morgan fingerprint density at radius 1 is 1.12 bits per heavy atom. The molecule has 0 aromatic heterocycles. The fraction of sp³-hybridized carbons (Fsp3) is 0.357. The Balaban J connectivity index is 1.46. The summed E-state index contributed by atoms with van der Waals surface area (Å²) in [6, 6.07) is 11.9. The first-order valence-corrected chi connectivity index (χ1v) is 13.9. The summed E-state index contributed by atoms with van der Waals surface area (Å²) in [4.78, 5) is 63.8. The fourth-order valence-electron chi connectivity index (χ4n) is 4.28. The monoisotopic (exact) mass is 598 g/mol. The molecule has 0 spiro atoms. The SMILES string of the molecule is COC1=C(C(=O)OCc2ccc([N+](=O)[O-])cc2)N2C(=O)C(NC(=O)[C@H](NC(=O)OC(C)(C)C)c3ccccc3)[C@H]2SC1. The van der Waals surface area contributed by atoms with Crippen LogP contribution in [0.3, 0.4) is 0 Å². The molecule has 2 N–H and O–H groups in total. The fourth-order valence-corrected chi connectivity index (χ4v) is 5.59. The predicted octanol–water partition coefficient (Wildman–Crippen LogP) is 3.16. The number of β-lactam (4-membered cyclic amide) rings is 1. The number of nitrogens with zero attached hydrogens (tertiary/aromatic N) is 2. The van der Waals surface area contributed by atoms with Crippen LogP contribution in [0.25, 0.3) is 0 Å². The first-order chi connectivity index (χ1) is 19.9. The number of rotatable bonds is 9. The second kappa shape index (κ2) is 12.5. The number of fused-ring (bicyclic) bond motifs is 1. The van der Waals surface area contributed by atoms with Gasteiger partial charge < -0.3 is 24.8 Å². The van der Waals surface area contributed by atoms with Crippen molar-refractivity contribution < 1.29 is 38.3 Å². The van der Waals surface area contributed by atoms with E-state index in [1.165, 1.54) is 48.0 Å². The lowest BCUT2D eigenvalue weighted by Gasteiger charge is -2.49. The van der Waals surface area contributed by atoms with Gasteiger partial charge in [0.25, 0.3) is 11.6 Å². The maximum Gasteiger partial charge on any atom is 0.408 e. The quantitative estimate of drug-likeness (QED) is 0.189. The van der Waals surface area contributed by atoms with Gasteiger partial charge in [-0.05, 0) is 44.0 Å². The number of methoxy groups -OCH3 is 1. The number of hydrogen-bond acceptors (Lipinski definition) is 10. The number of carbonyl (C=O) groups is 4. The summed E-state index contributed by atoms with van der Waals surface area (Å²) in [6.07, 6.45) is -0.800. The van der Waals surface area contributed by atoms with Gasteiger partial charge in [-0.15, -0.1) is 11.8 Å². The van der Waals surface area contributed by atoms with E-state index in [2.05, 4.69) is 10.6 Å². The predicted molar refractivity (Wildman–Crippen MR) is 151 cm³/mol. The molecule has 14 heteroatoms. The topological polar surface area (TPSA) is 166 Å². The average molecular weight is 599 g/mol. The van der Waals surface area contributed by atoms with Gasteiger partial charge in [0.1, 0.15) is 35.4 Å². The van der Waals surface area contributed by atoms with Crippen LogP contribution < -0.4 is 10.6 Å². The average Bonchev–Trinajstić information content (AvgIpc) is 2.96. The maximum absolute atomic E-state index is 13.4. The summed E-state index contributed by atoms with van der Waals surface area (Å²) in [7, 11) is 1.37. The second-order valence-electron chi connectivity index (χ2n) is 10.4. The molecule has 2 aromatic carbocycles. The zero-order valence-electron chi connectivity index (χ0n) is 23.3. The van der Waals surface area contributed by atoms with Crippen LogP contribution in [0.5, 0.6) is 0 Å². The molecule has 3 amide bonds. The van der Waals surface area contributed by atoms with E-state index in [1.807, 2.05) is 0 Å². The number of nitro groups is 1. The molecule has 2 aromatic rings. The molecule has 2 aliphatic rings. The van der Waals surface area contributed by atoms with Crippen LogP contribution in [-0.2, 0) is 35.2 Å². The Labute approximate surface area is 245 Å². The van der Waals surface area contributed by atoms with Crippen LogP contribution in [0, 0.1) is 10.1 Å². The first-order valence-electron chi connectivity index (χ1n) is 12.9. The summed E-state index contributed by atoms with van der Waals surface area (Å²) >= 11 is 1.29. The van der Waals surface area contributed by atoms with Crippen LogP contribution in [0.2, 0.25) is 0 Å². The van der Waals surface area contributed by atoms with Gasteiger partial charge in [-0.3, -0.25) is 24.6 Å². The number of benzene rings is 2. The molecule has 222 valence electrons. The van der Waals surface area contributed by atoms with Crippen LogP contribution >= 0.6 is 11.8 Å². The third-order valence-electron chi connectivity index (χ3n) is 6.24. The van der Waals surface area contributed by atoms with E-state index in [0.29, 0.717) is 11.1 Å². The lowest BCUT2D eigenvalue weighted by Crippen LogP contribution is -2.71. The number of carbonyl (C=O) groups excluding carboxylic acids is 4. The lowest BCUT2D eigenvalue weighted by atomic mass is 10.0. The van der Waals surface area contributed by atoms with Crippen molar-refractivity contribution in [2.45, 2.75) is 50.4 Å². The molecule has 0 radical (unpaired) electrons. The molecule has 13 nitrogen and oxygen atoms in total. The second-order valence-corrected chi connectivity index (χ2v) is 11.5. The minimum Gasteiger partial charge on any atom is -0.498 e. The first kappa shape index (κ1) is 30.4. The zero-order valence-corrected chi connectivity index (χ0v) is 24.1. The number of alkyl carbamates (subject to hydrolysis) is 1. The highest BCUT2D eigenvalue weighted by molar-refractivity contribution is 8.00. The normalized spacial score (nSPS) is 18.7. The van der Waals surface area contributed by atoms with E-state index in [9.17, 15) is 29.3 Å². The van der Waals surface area contributed by atoms with Gasteiger partial charge in [0, 0.05) is 12.1 Å². The number of nitro benzene ring substituents is 1. The molecule has 0 saturated carbocycles.